The molecule has 2 aromatic carbocycles. The third kappa shape index (κ3) is 3.18. The number of carbonyl (C=O) groups excluding carboxylic acids is 1. The van der Waals surface area contributed by atoms with Crippen LogP contribution in [0.2, 0.25) is 0 Å². The van der Waals surface area contributed by atoms with Crippen molar-refractivity contribution in [3.63, 3.8) is 0 Å². The number of benzene rings is 2. The van der Waals surface area contributed by atoms with Gasteiger partial charge in [0.05, 0.1) is 6.61 Å². The van der Waals surface area contributed by atoms with Crippen molar-refractivity contribution in [1.29, 1.82) is 0 Å². The summed E-state index contributed by atoms with van der Waals surface area (Å²) in [6.07, 6.45) is 0.459. The molecule has 2 aliphatic heterocycles. The summed E-state index contributed by atoms with van der Waals surface area (Å²) in [4.78, 5) is 11.4. The molecule has 2 heterocycles. The minimum absolute atomic E-state index is 0.0610. The number of amides is 1. The van der Waals surface area contributed by atoms with E-state index in [-0.39, 0.29) is 23.1 Å². The number of hydrogen-bond donors (Lipinski definition) is 1. The van der Waals surface area contributed by atoms with Crippen molar-refractivity contribution in [1.82, 2.24) is 5.01 Å². The molecule has 0 aromatic heterocycles. The zero-order chi connectivity index (χ0) is 20.8. The monoisotopic (exact) mass is 421 g/mol. The lowest BCUT2D eigenvalue weighted by Crippen LogP contribution is -2.51. The molecule has 29 heavy (non-hydrogen) atoms. The third-order valence-electron chi connectivity index (χ3n) is 5.05. The maximum atomic E-state index is 14.4. The quantitative estimate of drug-likeness (QED) is 0.823. The van der Waals surface area contributed by atoms with Crippen LogP contribution >= 0.6 is 11.8 Å². The number of rotatable bonds is 3. The zero-order valence-electron chi connectivity index (χ0n) is 15.5. The van der Waals surface area contributed by atoms with Crippen LogP contribution in [0.1, 0.15) is 24.5 Å². The number of hydrogen-bond acceptors (Lipinski definition) is 5. The highest BCUT2D eigenvalue weighted by Gasteiger charge is 2.56. The largest absolute Gasteiger partial charge is 0.493 e. The van der Waals surface area contributed by atoms with Gasteiger partial charge in [-0.2, -0.15) is 5.10 Å². The normalized spacial score (nSPS) is 23.0. The van der Waals surface area contributed by atoms with E-state index in [4.69, 9.17) is 10.5 Å². The Morgan fingerprint density at radius 3 is 2.72 bits per heavy atom. The van der Waals surface area contributed by atoms with Gasteiger partial charge in [-0.15, -0.1) is 0 Å². The van der Waals surface area contributed by atoms with Gasteiger partial charge in [-0.3, -0.25) is 4.79 Å². The van der Waals surface area contributed by atoms with E-state index in [0.717, 1.165) is 30.0 Å². The van der Waals surface area contributed by atoms with Crippen molar-refractivity contribution < 1.29 is 22.7 Å². The van der Waals surface area contributed by atoms with E-state index in [1.807, 2.05) is 0 Å². The van der Waals surface area contributed by atoms with Crippen LogP contribution in [0, 0.1) is 23.4 Å². The van der Waals surface area contributed by atoms with Crippen molar-refractivity contribution >= 4 is 22.7 Å². The molecule has 0 bridgehead atoms. The topological polar surface area (TPSA) is 67.9 Å². The van der Waals surface area contributed by atoms with Crippen LogP contribution in [-0.2, 0) is 9.67 Å². The van der Waals surface area contributed by atoms with Crippen molar-refractivity contribution in [2.45, 2.75) is 18.2 Å². The van der Waals surface area contributed by atoms with Gasteiger partial charge in [0, 0.05) is 24.0 Å². The average molecular weight is 421 g/mol. The molecule has 5 nitrogen and oxygen atoms in total. The van der Waals surface area contributed by atoms with Crippen LogP contribution in [0.3, 0.4) is 0 Å². The summed E-state index contributed by atoms with van der Waals surface area (Å²) in [5.74, 6) is -2.14. The van der Waals surface area contributed by atoms with Gasteiger partial charge in [0.15, 0.2) is 4.87 Å². The van der Waals surface area contributed by atoms with Crippen molar-refractivity contribution in [2.75, 3.05) is 13.2 Å². The number of nitrogens with two attached hydrogens (primary N) is 1. The minimum atomic E-state index is -1.17. The molecule has 152 valence electrons. The summed E-state index contributed by atoms with van der Waals surface area (Å²) in [5.41, 5.74) is 6.14. The minimum Gasteiger partial charge on any atom is -0.493 e. The Kier molecular flexibility index (Phi) is 5.04. The van der Waals surface area contributed by atoms with E-state index in [2.05, 4.69) is 5.10 Å². The molecule has 2 aliphatic rings. The lowest BCUT2D eigenvalue weighted by molar-refractivity contribution is -0.134. The second-order valence-electron chi connectivity index (χ2n) is 6.88. The van der Waals surface area contributed by atoms with Crippen LogP contribution in [0.15, 0.2) is 41.5 Å². The standard InChI is InChI=1S/C20H18F3N3O2S/c1-11(27)26-20(29-19(25-26)15-8-13(21)2-4-17(15)23)12(6-7-24)10-28-18-5-3-14(22)9-16(18)20/h2-5,8-9,12H,6-7,10,24H2,1H3/t12-,20-/m0/s1. The molecular weight excluding hydrogens is 403 g/mol. The third-order valence-corrected chi connectivity index (χ3v) is 6.58. The SMILES string of the molecule is CC(=O)N1N=C(c2cc(F)ccc2F)S[C@@]12c1cc(F)ccc1OC[C@@H]2CCN. The van der Waals surface area contributed by atoms with Gasteiger partial charge in [0.1, 0.15) is 28.2 Å². The predicted molar refractivity (Wildman–Crippen MR) is 104 cm³/mol. The molecule has 0 unspecified atom stereocenters. The lowest BCUT2D eigenvalue weighted by Gasteiger charge is -2.45. The van der Waals surface area contributed by atoms with Crippen LogP contribution in [-0.4, -0.2) is 29.1 Å². The van der Waals surface area contributed by atoms with E-state index >= 15 is 0 Å². The van der Waals surface area contributed by atoms with Gasteiger partial charge >= 0.3 is 0 Å². The highest BCUT2D eigenvalue weighted by Crippen LogP contribution is 2.57. The summed E-state index contributed by atoms with van der Waals surface area (Å²) >= 11 is 1.09. The van der Waals surface area contributed by atoms with Gasteiger partial charge in [0.25, 0.3) is 0 Å². The molecule has 4 rings (SSSR count). The Bertz CT molecular complexity index is 1020. The van der Waals surface area contributed by atoms with Gasteiger partial charge in [-0.1, -0.05) is 11.8 Å². The number of thioether (sulfide) groups is 1. The molecule has 0 saturated carbocycles. The van der Waals surface area contributed by atoms with E-state index < -0.39 is 28.2 Å². The summed E-state index contributed by atoms with van der Waals surface area (Å²) in [6.45, 7) is 1.85. The van der Waals surface area contributed by atoms with E-state index in [1.54, 1.807) is 0 Å². The molecule has 0 radical (unpaired) electrons. The fourth-order valence-electron chi connectivity index (χ4n) is 3.79. The van der Waals surface area contributed by atoms with E-state index in [0.29, 0.717) is 24.3 Å². The Balaban J connectivity index is 1.91. The molecule has 1 spiro atoms. The first-order chi connectivity index (χ1) is 13.9. The fraction of sp³-hybridized carbons (Fsp3) is 0.300. The number of halogens is 3. The molecule has 2 atom stereocenters. The summed E-state index contributed by atoms with van der Waals surface area (Å²) < 4.78 is 48.2. The lowest BCUT2D eigenvalue weighted by atomic mass is 9.86. The number of nitrogens with zero attached hydrogens (tertiary/aromatic N) is 2. The molecule has 0 fully saturated rings. The molecular formula is C20H18F3N3O2S. The van der Waals surface area contributed by atoms with Gasteiger partial charge in [-0.25, -0.2) is 18.2 Å². The number of fused-ring (bicyclic) bond motifs is 2. The van der Waals surface area contributed by atoms with E-state index in [9.17, 15) is 18.0 Å². The van der Waals surface area contributed by atoms with Crippen molar-refractivity contribution in [3.05, 3.63) is 65.0 Å². The number of hydrazone groups is 1. The zero-order valence-corrected chi connectivity index (χ0v) is 16.3. The Labute approximate surface area is 169 Å². The number of carbonyl (C=O) groups is 1. The smallest absolute Gasteiger partial charge is 0.241 e. The van der Waals surface area contributed by atoms with Crippen LogP contribution in [0.25, 0.3) is 0 Å². The first kappa shape index (κ1) is 19.8. The van der Waals surface area contributed by atoms with Crippen LogP contribution < -0.4 is 10.5 Å². The Hall–Kier alpha value is -2.52. The molecule has 0 saturated heterocycles. The predicted octanol–water partition coefficient (Wildman–Crippen LogP) is 3.57. The molecule has 9 heteroatoms. The molecule has 2 aromatic rings. The molecule has 1 amide bonds. The van der Waals surface area contributed by atoms with Crippen molar-refractivity contribution in [2.24, 2.45) is 16.8 Å². The van der Waals surface area contributed by atoms with E-state index in [1.165, 1.54) is 30.1 Å². The molecule has 0 aliphatic carbocycles. The summed E-state index contributed by atoms with van der Waals surface area (Å²) in [6, 6.07) is 7.09. The van der Waals surface area contributed by atoms with Crippen LogP contribution in [0.4, 0.5) is 13.2 Å². The number of ether oxygens (including phenoxy) is 1. The second-order valence-corrected chi connectivity index (χ2v) is 8.10. The highest BCUT2D eigenvalue weighted by molar-refractivity contribution is 8.15. The Morgan fingerprint density at radius 1 is 1.28 bits per heavy atom. The summed E-state index contributed by atoms with van der Waals surface area (Å²) in [7, 11) is 0. The maximum absolute atomic E-state index is 14.4. The van der Waals surface area contributed by atoms with Gasteiger partial charge in [-0.05, 0) is 49.4 Å². The molecule has 2 N–H and O–H groups in total. The average Bonchev–Trinajstić information content (AvgIpc) is 3.08. The first-order valence-electron chi connectivity index (χ1n) is 9.03. The Morgan fingerprint density at radius 2 is 2.00 bits per heavy atom. The van der Waals surface area contributed by atoms with Gasteiger partial charge < -0.3 is 10.5 Å². The summed E-state index contributed by atoms with van der Waals surface area (Å²) in [5, 5.41) is 5.69. The highest BCUT2D eigenvalue weighted by atomic mass is 32.2. The fourth-order valence-corrected chi connectivity index (χ4v) is 5.35. The first-order valence-corrected chi connectivity index (χ1v) is 9.85. The van der Waals surface area contributed by atoms with Gasteiger partial charge in [0.2, 0.25) is 5.91 Å². The van der Waals surface area contributed by atoms with Crippen molar-refractivity contribution in [3.8, 4) is 5.75 Å². The van der Waals surface area contributed by atoms with Crippen LogP contribution in [0.5, 0.6) is 5.75 Å². The second kappa shape index (κ2) is 7.38. The maximum Gasteiger partial charge on any atom is 0.241 e.